The van der Waals surface area contributed by atoms with Gasteiger partial charge in [0.15, 0.2) is 0 Å². The Balaban J connectivity index is 1.71. The van der Waals surface area contributed by atoms with E-state index in [-0.39, 0.29) is 11.2 Å². The second kappa shape index (κ2) is 7.56. The van der Waals surface area contributed by atoms with Crippen molar-refractivity contribution in [3.63, 3.8) is 0 Å². The van der Waals surface area contributed by atoms with Gasteiger partial charge in [-0.25, -0.2) is 4.98 Å². The second-order valence-corrected chi connectivity index (χ2v) is 8.16. The van der Waals surface area contributed by atoms with E-state index in [4.69, 9.17) is 4.98 Å². The normalized spacial score (nSPS) is 17.0. The number of hydrogen-bond donors (Lipinski definition) is 0. The molecule has 0 radical (unpaired) electrons. The molecule has 128 valence electrons. The van der Waals surface area contributed by atoms with Gasteiger partial charge in [0, 0.05) is 18.5 Å². The molecule has 1 atom stereocenters. The molecule has 1 aromatic carbocycles. The van der Waals surface area contributed by atoms with Gasteiger partial charge in [0.1, 0.15) is 0 Å². The van der Waals surface area contributed by atoms with Crippen molar-refractivity contribution in [1.29, 1.82) is 0 Å². The predicted molar refractivity (Wildman–Crippen MR) is 101 cm³/mol. The first-order valence-electron chi connectivity index (χ1n) is 8.86. The Bertz CT molecular complexity index is 725. The van der Waals surface area contributed by atoms with Crippen LogP contribution in [0, 0.1) is 6.92 Å². The van der Waals surface area contributed by atoms with Crippen LogP contribution in [0.1, 0.15) is 44.6 Å². The van der Waals surface area contributed by atoms with Crippen molar-refractivity contribution in [2.45, 2.75) is 62.3 Å². The van der Waals surface area contributed by atoms with Crippen molar-refractivity contribution in [2.75, 3.05) is 7.05 Å². The van der Waals surface area contributed by atoms with E-state index in [9.17, 15) is 4.79 Å². The van der Waals surface area contributed by atoms with Gasteiger partial charge < -0.3 is 4.90 Å². The molecule has 3 rings (SSSR count). The Morgan fingerprint density at radius 3 is 2.71 bits per heavy atom. The molecule has 1 aliphatic carbocycles. The lowest BCUT2D eigenvalue weighted by molar-refractivity contribution is -0.131. The Morgan fingerprint density at radius 1 is 1.25 bits per heavy atom. The summed E-state index contributed by atoms with van der Waals surface area (Å²) in [4.78, 5) is 19.5. The molecule has 0 spiro atoms. The number of para-hydroxylation sites is 1. The highest BCUT2D eigenvalue weighted by Crippen LogP contribution is 2.29. The zero-order valence-electron chi connectivity index (χ0n) is 14.8. The average Bonchev–Trinajstić information content (AvgIpc) is 2.61. The summed E-state index contributed by atoms with van der Waals surface area (Å²) in [6.07, 6.45) is 6.09. The number of carbonyl (C=O) groups is 1. The fraction of sp³-hybridized carbons (Fsp3) is 0.500. The zero-order chi connectivity index (χ0) is 17.1. The van der Waals surface area contributed by atoms with Crippen molar-refractivity contribution in [1.82, 2.24) is 9.88 Å². The molecule has 1 saturated carbocycles. The zero-order valence-corrected chi connectivity index (χ0v) is 15.6. The fourth-order valence-corrected chi connectivity index (χ4v) is 4.57. The number of nitrogens with zero attached hydrogens (tertiary/aromatic N) is 2. The molecule has 24 heavy (non-hydrogen) atoms. The first-order chi connectivity index (χ1) is 11.6. The number of aromatic nitrogens is 1. The highest BCUT2D eigenvalue weighted by molar-refractivity contribution is 8.00. The van der Waals surface area contributed by atoms with Gasteiger partial charge in [-0.15, -0.1) is 0 Å². The highest BCUT2D eigenvalue weighted by atomic mass is 32.2. The molecule has 1 unspecified atom stereocenters. The summed E-state index contributed by atoms with van der Waals surface area (Å²) in [7, 11) is 1.97. The fourth-order valence-electron chi connectivity index (χ4n) is 3.55. The van der Waals surface area contributed by atoms with Crippen molar-refractivity contribution >= 4 is 28.6 Å². The number of thioether (sulfide) groups is 1. The van der Waals surface area contributed by atoms with E-state index >= 15 is 0 Å². The number of hydrogen-bond acceptors (Lipinski definition) is 3. The molecule has 1 fully saturated rings. The Hall–Kier alpha value is -1.55. The topological polar surface area (TPSA) is 33.2 Å². The lowest BCUT2D eigenvalue weighted by atomic mass is 9.94. The summed E-state index contributed by atoms with van der Waals surface area (Å²) in [6, 6.07) is 10.7. The van der Waals surface area contributed by atoms with Crippen LogP contribution < -0.4 is 0 Å². The van der Waals surface area contributed by atoms with Gasteiger partial charge in [-0.3, -0.25) is 4.79 Å². The number of amides is 1. The minimum atomic E-state index is -0.106. The van der Waals surface area contributed by atoms with Crippen LogP contribution in [0.15, 0.2) is 35.4 Å². The molecule has 0 aliphatic heterocycles. The minimum absolute atomic E-state index is 0.106. The summed E-state index contributed by atoms with van der Waals surface area (Å²) < 4.78 is 0. The third-order valence-corrected chi connectivity index (χ3v) is 6.02. The Labute approximate surface area is 148 Å². The van der Waals surface area contributed by atoms with Crippen LogP contribution in [0.2, 0.25) is 0 Å². The molecular formula is C20H26N2OS. The average molecular weight is 343 g/mol. The second-order valence-electron chi connectivity index (χ2n) is 6.80. The van der Waals surface area contributed by atoms with E-state index in [1.807, 2.05) is 37.1 Å². The van der Waals surface area contributed by atoms with Crippen LogP contribution in [0.25, 0.3) is 10.9 Å². The monoisotopic (exact) mass is 342 g/mol. The Morgan fingerprint density at radius 2 is 1.96 bits per heavy atom. The number of fused-ring (bicyclic) bond motifs is 1. The van der Waals surface area contributed by atoms with E-state index in [2.05, 4.69) is 19.1 Å². The smallest absolute Gasteiger partial charge is 0.235 e. The third kappa shape index (κ3) is 3.75. The van der Waals surface area contributed by atoms with Gasteiger partial charge in [-0.2, -0.15) is 0 Å². The molecule has 2 aromatic rings. The van der Waals surface area contributed by atoms with Crippen molar-refractivity contribution in [2.24, 2.45) is 0 Å². The van der Waals surface area contributed by atoms with Crippen LogP contribution in [0.5, 0.6) is 0 Å². The summed E-state index contributed by atoms with van der Waals surface area (Å²) in [5, 5.41) is 2.01. The lowest BCUT2D eigenvalue weighted by Gasteiger charge is -2.32. The molecule has 3 nitrogen and oxygen atoms in total. The molecule has 0 N–H and O–H groups in total. The number of pyridine rings is 1. The summed E-state index contributed by atoms with van der Waals surface area (Å²) in [5.41, 5.74) is 2.21. The van der Waals surface area contributed by atoms with Crippen LogP contribution in [-0.2, 0) is 4.79 Å². The maximum absolute atomic E-state index is 12.8. The SMILES string of the molecule is Cc1cc(SC(C)C(=O)N(C)C2CCCCC2)nc2ccccc12. The number of benzene rings is 1. The molecule has 1 amide bonds. The number of aryl methyl sites for hydroxylation is 1. The van der Waals surface area contributed by atoms with Gasteiger partial charge in [-0.1, -0.05) is 49.2 Å². The van der Waals surface area contributed by atoms with Crippen LogP contribution in [-0.4, -0.2) is 34.1 Å². The molecule has 1 aromatic heterocycles. The molecule has 0 bridgehead atoms. The largest absolute Gasteiger partial charge is 0.342 e. The Kier molecular flexibility index (Phi) is 5.44. The molecular weight excluding hydrogens is 316 g/mol. The van der Waals surface area contributed by atoms with Crippen molar-refractivity contribution in [3.05, 3.63) is 35.9 Å². The summed E-state index contributed by atoms with van der Waals surface area (Å²) >= 11 is 1.57. The minimum Gasteiger partial charge on any atom is -0.342 e. The maximum Gasteiger partial charge on any atom is 0.235 e. The lowest BCUT2D eigenvalue weighted by Crippen LogP contribution is -2.42. The van der Waals surface area contributed by atoms with Crippen LogP contribution in [0.4, 0.5) is 0 Å². The maximum atomic E-state index is 12.8. The first kappa shape index (κ1) is 17.3. The molecule has 4 heteroatoms. The summed E-state index contributed by atoms with van der Waals surface area (Å²) in [6.45, 7) is 4.10. The van der Waals surface area contributed by atoms with E-state index in [1.54, 1.807) is 11.8 Å². The molecule has 0 saturated heterocycles. The molecule has 1 heterocycles. The van der Waals surface area contributed by atoms with Gasteiger partial charge in [0.25, 0.3) is 0 Å². The van der Waals surface area contributed by atoms with E-state index < -0.39 is 0 Å². The van der Waals surface area contributed by atoms with Gasteiger partial charge >= 0.3 is 0 Å². The van der Waals surface area contributed by atoms with Crippen molar-refractivity contribution < 1.29 is 4.79 Å². The number of rotatable bonds is 4. The van der Waals surface area contributed by atoms with Gasteiger partial charge in [0.05, 0.1) is 15.8 Å². The number of carbonyl (C=O) groups excluding carboxylic acids is 1. The van der Waals surface area contributed by atoms with Gasteiger partial charge in [0.2, 0.25) is 5.91 Å². The first-order valence-corrected chi connectivity index (χ1v) is 9.74. The predicted octanol–water partition coefficient (Wildman–Crippen LogP) is 4.81. The van der Waals surface area contributed by atoms with E-state index in [0.29, 0.717) is 6.04 Å². The summed E-state index contributed by atoms with van der Waals surface area (Å²) in [5.74, 6) is 0.222. The standard InChI is InChI=1S/C20H26N2OS/c1-14-13-19(21-18-12-8-7-11-17(14)18)24-15(2)20(23)22(3)16-9-5-4-6-10-16/h7-8,11-13,15-16H,4-6,9-10H2,1-3H3. The van der Waals surface area contributed by atoms with E-state index in [1.165, 1.54) is 30.2 Å². The molecule has 1 aliphatic rings. The van der Waals surface area contributed by atoms with Gasteiger partial charge in [-0.05, 0) is 44.4 Å². The quantitative estimate of drug-likeness (QED) is 0.747. The van der Waals surface area contributed by atoms with Crippen LogP contribution >= 0.6 is 11.8 Å². The van der Waals surface area contributed by atoms with E-state index in [0.717, 1.165) is 23.4 Å². The third-order valence-electron chi connectivity index (χ3n) is 5.01. The van der Waals surface area contributed by atoms with Crippen LogP contribution in [0.3, 0.4) is 0 Å². The van der Waals surface area contributed by atoms with Crippen molar-refractivity contribution in [3.8, 4) is 0 Å². The highest BCUT2D eigenvalue weighted by Gasteiger charge is 2.26.